The fourth-order valence-electron chi connectivity index (χ4n) is 2.33. The Morgan fingerprint density at radius 3 is 2.71 bits per heavy atom. The molecule has 24 heavy (non-hydrogen) atoms. The normalized spacial score (nSPS) is 11.6. The number of hydrogen-bond donors (Lipinski definition) is 1. The summed E-state index contributed by atoms with van der Waals surface area (Å²) in [5.41, 5.74) is 0.779. The maximum Gasteiger partial charge on any atom is 0.245 e. The Kier molecular flexibility index (Phi) is 4.29. The van der Waals surface area contributed by atoms with Crippen LogP contribution in [0.3, 0.4) is 0 Å². The molecule has 0 unspecified atom stereocenters. The number of carbonyl (C=O) groups excluding carboxylic acids is 1. The Morgan fingerprint density at radius 1 is 1.25 bits per heavy atom. The molecule has 0 radical (unpaired) electrons. The van der Waals surface area contributed by atoms with E-state index in [-0.39, 0.29) is 17.3 Å². The second-order valence-corrected chi connectivity index (χ2v) is 7.80. The van der Waals surface area contributed by atoms with Gasteiger partial charge in [0.15, 0.2) is 9.84 Å². The van der Waals surface area contributed by atoms with E-state index in [4.69, 9.17) is 11.6 Å². The summed E-state index contributed by atoms with van der Waals surface area (Å²) < 4.78 is 24.9. The number of hydrogen-bond acceptors (Lipinski definition) is 4. The first-order chi connectivity index (χ1) is 11.3. The summed E-state index contributed by atoms with van der Waals surface area (Å²) in [6.07, 6.45) is 4.36. The third-order valence-corrected chi connectivity index (χ3v) is 4.81. The van der Waals surface area contributed by atoms with Crippen molar-refractivity contribution in [1.82, 2.24) is 9.55 Å². The lowest BCUT2D eigenvalue weighted by Crippen LogP contribution is -2.18. The molecule has 8 heteroatoms. The second kappa shape index (κ2) is 6.26. The topological polar surface area (TPSA) is 81.1 Å². The third-order valence-electron chi connectivity index (χ3n) is 3.48. The molecule has 1 aromatic carbocycles. The van der Waals surface area contributed by atoms with Crippen LogP contribution in [0.4, 0.5) is 5.82 Å². The van der Waals surface area contributed by atoms with Gasteiger partial charge in [-0.3, -0.25) is 4.79 Å². The molecule has 0 saturated carbocycles. The monoisotopic (exact) mass is 363 g/mol. The number of benzene rings is 1. The van der Waals surface area contributed by atoms with Crippen LogP contribution in [0.2, 0.25) is 5.02 Å². The Hall–Kier alpha value is -2.38. The maximum atomic E-state index is 12.1. The lowest BCUT2D eigenvalue weighted by atomic mass is 10.2. The molecule has 0 atom stereocenters. The molecular formula is C16H14ClN3O3S. The van der Waals surface area contributed by atoms with E-state index in [1.807, 2.05) is 0 Å². The van der Waals surface area contributed by atoms with Crippen molar-refractivity contribution in [2.24, 2.45) is 0 Å². The molecule has 1 N–H and O–H groups in total. The summed E-state index contributed by atoms with van der Waals surface area (Å²) in [5, 5.41) is 3.93. The molecule has 0 aliphatic carbocycles. The molecular weight excluding hydrogens is 350 g/mol. The van der Waals surface area contributed by atoms with Gasteiger partial charge in [0.2, 0.25) is 5.91 Å². The van der Waals surface area contributed by atoms with E-state index < -0.39 is 9.84 Å². The van der Waals surface area contributed by atoms with E-state index in [0.29, 0.717) is 10.8 Å². The number of sulfone groups is 1. The van der Waals surface area contributed by atoms with Crippen molar-refractivity contribution in [3.8, 4) is 0 Å². The van der Waals surface area contributed by atoms with Crippen LogP contribution in [0.15, 0.2) is 53.7 Å². The molecule has 0 aliphatic heterocycles. The fourth-order valence-corrected chi connectivity index (χ4v) is 3.10. The minimum absolute atomic E-state index is 0.0893. The minimum Gasteiger partial charge on any atom is -0.338 e. The zero-order chi connectivity index (χ0) is 17.3. The van der Waals surface area contributed by atoms with Gasteiger partial charge in [-0.1, -0.05) is 11.6 Å². The summed E-state index contributed by atoms with van der Waals surface area (Å²) >= 11 is 5.75. The number of aromatic nitrogens is 2. The number of nitrogens with zero attached hydrogens (tertiary/aromatic N) is 2. The van der Waals surface area contributed by atoms with Gasteiger partial charge in [-0.05, 0) is 36.4 Å². The van der Waals surface area contributed by atoms with E-state index in [9.17, 15) is 13.2 Å². The highest BCUT2D eigenvalue weighted by Gasteiger charge is 2.11. The van der Waals surface area contributed by atoms with Crippen LogP contribution in [0.25, 0.3) is 10.9 Å². The summed E-state index contributed by atoms with van der Waals surface area (Å²) in [7, 11) is -3.26. The first-order valence-electron chi connectivity index (χ1n) is 7.03. The lowest BCUT2D eigenvalue weighted by Gasteiger charge is -2.07. The molecule has 3 aromatic rings. The van der Waals surface area contributed by atoms with Crippen LogP contribution in [-0.4, -0.2) is 30.1 Å². The van der Waals surface area contributed by atoms with Crippen molar-refractivity contribution in [3.05, 3.63) is 53.8 Å². The Balaban J connectivity index is 1.80. The minimum atomic E-state index is -3.26. The first-order valence-corrected chi connectivity index (χ1v) is 9.30. The van der Waals surface area contributed by atoms with E-state index in [2.05, 4.69) is 10.3 Å². The van der Waals surface area contributed by atoms with E-state index in [1.54, 1.807) is 41.1 Å². The van der Waals surface area contributed by atoms with Crippen LogP contribution in [0.5, 0.6) is 0 Å². The smallest absolute Gasteiger partial charge is 0.245 e. The van der Waals surface area contributed by atoms with Gasteiger partial charge < -0.3 is 9.88 Å². The standard InChI is InChI=1S/C16H14ClN3O3S/c1-24(22,23)13-3-4-14-11(8-13)6-7-20(14)10-16(21)19-15-5-2-12(17)9-18-15/h2-9H,10H2,1H3,(H,18,19,21). The molecule has 3 rings (SSSR count). The SMILES string of the molecule is CS(=O)(=O)c1ccc2c(ccn2CC(=O)Nc2ccc(Cl)cn2)c1. The van der Waals surface area contributed by atoms with E-state index in [0.717, 1.165) is 17.2 Å². The Labute approximate surface area is 144 Å². The van der Waals surface area contributed by atoms with Gasteiger partial charge in [-0.15, -0.1) is 0 Å². The molecule has 0 spiro atoms. The summed E-state index contributed by atoms with van der Waals surface area (Å²) in [6.45, 7) is 0.0893. The lowest BCUT2D eigenvalue weighted by molar-refractivity contribution is -0.116. The summed E-state index contributed by atoms with van der Waals surface area (Å²) in [6, 6.07) is 9.86. The number of pyridine rings is 1. The van der Waals surface area contributed by atoms with E-state index in [1.165, 1.54) is 12.3 Å². The molecule has 1 amide bonds. The molecule has 0 fully saturated rings. The van der Waals surface area contributed by atoms with Gasteiger partial charge in [0, 0.05) is 29.6 Å². The molecule has 6 nitrogen and oxygen atoms in total. The van der Waals surface area contributed by atoms with Gasteiger partial charge in [-0.25, -0.2) is 13.4 Å². The first kappa shape index (κ1) is 16.5. The van der Waals surface area contributed by atoms with Crippen LogP contribution < -0.4 is 5.32 Å². The zero-order valence-electron chi connectivity index (χ0n) is 12.7. The van der Waals surface area contributed by atoms with Gasteiger partial charge in [-0.2, -0.15) is 0 Å². The van der Waals surface area contributed by atoms with Crippen molar-refractivity contribution in [2.75, 3.05) is 11.6 Å². The average molecular weight is 364 g/mol. The molecule has 0 aliphatic rings. The van der Waals surface area contributed by atoms with Crippen molar-refractivity contribution >= 4 is 44.1 Å². The average Bonchev–Trinajstić information content (AvgIpc) is 2.91. The summed E-state index contributed by atoms with van der Waals surface area (Å²) in [4.78, 5) is 16.4. The van der Waals surface area contributed by atoms with Gasteiger partial charge in [0.05, 0.1) is 9.92 Å². The molecule has 2 heterocycles. The maximum absolute atomic E-state index is 12.1. The summed E-state index contributed by atoms with van der Waals surface area (Å²) in [5.74, 6) is 0.176. The molecule has 2 aromatic heterocycles. The number of amides is 1. The molecule has 124 valence electrons. The third kappa shape index (κ3) is 3.58. The van der Waals surface area contributed by atoms with E-state index >= 15 is 0 Å². The van der Waals surface area contributed by atoms with Gasteiger partial charge in [0.25, 0.3) is 0 Å². The number of halogens is 1. The number of rotatable bonds is 4. The van der Waals surface area contributed by atoms with Crippen molar-refractivity contribution in [2.45, 2.75) is 11.4 Å². The highest BCUT2D eigenvalue weighted by Crippen LogP contribution is 2.20. The highest BCUT2D eigenvalue weighted by molar-refractivity contribution is 7.90. The van der Waals surface area contributed by atoms with Crippen molar-refractivity contribution in [1.29, 1.82) is 0 Å². The Morgan fingerprint density at radius 2 is 2.04 bits per heavy atom. The Bertz CT molecular complexity index is 1010. The number of anilines is 1. The van der Waals surface area contributed by atoms with Crippen molar-refractivity contribution < 1.29 is 13.2 Å². The number of nitrogens with one attached hydrogen (secondary N) is 1. The largest absolute Gasteiger partial charge is 0.338 e. The van der Waals surface area contributed by atoms with Crippen molar-refractivity contribution in [3.63, 3.8) is 0 Å². The highest BCUT2D eigenvalue weighted by atomic mass is 35.5. The predicted octanol–water partition coefficient (Wildman–Crippen LogP) is 2.73. The molecule has 0 bridgehead atoms. The number of fused-ring (bicyclic) bond motifs is 1. The van der Waals surface area contributed by atoms with Crippen LogP contribution in [0, 0.1) is 0 Å². The molecule has 0 saturated heterocycles. The van der Waals surface area contributed by atoms with Crippen LogP contribution in [0.1, 0.15) is 0 Å². The van der Waals surface area contributed by atoms with Gasteiger partial charge in [0.1, 0.15) is 12.4 Å². The van der Waals surface area contributed by atoms with Crippen LogP contribution in [-0.2, 0) is 21.2 Å². The predicted molar refractivity (Wildman–Crippen MR) is 92.9 cm³/mol. The second-order valence-electron chi connectivity index (χ2n) is 5.35. The van der Waals surface area contributed by atoms with Crippen LogP contribution >= 0.6 is 11.6 Å². The fraction of sp³-hybridized carbons (Fsp3) is 0.125. The zero-order valence-corrected chi connectivity index (χ0v) is 14.3. The number of carbonyl (C=O) groups is 1. The quantitative estimate of drug-likeness (QED) is 0.772. The van der Waals surface area contributed by atoms with Gasteiger partial charge >= 0.3 is 0 Å².